The van der Waals surface area contributed by atoms with Crippen LogP contribution in [0, 0.1) is 0 Å². The Morgan fingerprint density at radius 2 is 2.05 bits per heavy atom. The highest BCUT2D eigenvalue weighted by Gasteiger charge is 2.14. The lowest BCUT2D eigenvalue weighted by Crippen LogP contribution is -2.32. The van der Waals surface area contributed by atoms with E-state index in [2.05, 4.69) is 15.3 Å². The van der Waals surface area contributed by atoms with Crippen molar-refractivity contribution < 1.29 is 9.53 Å². The molecular formula is C13H18ClN3O2. The molecule has 1 heterocycles. The molecule has 0 saturated heterocycles. The van der Waals surface area contributed by atoms with E-state index in [0.29, 0.717) is 13.0 Å². The van der Waals surface area contributed by atoms with E-state index in [0.717, 1.165) is 5.56 Å². The van der Waals surface area contributed by atoms with Crippen molar-refractivity contribution in [1.82, 2.24) is 15.3 Å². The van der Waals surface area contributed by atoms with Crippen LogP contribution in [0.2, 0.25) is 5.28 Å². The minimum absolute atomic E-state index is 0.226. The second kappa shape index (κ2) is 7.09. The van der Waals surface area contributed by atoms with Gasteiger partial charge in [0.05, 0.1) is 0 Å². The largest absolute Gasteiger partial charge is 0.444 e. The molecule has 0 aliphatic heterocycles. The number of nitrogens with zero attached hydrogens (tertiary/aromatic N) is 2. The first kappa shape index (κ1) is 15.4. The first-order valence-corrected chi connectivity index (χ1v) is 6.35. The third-order valence-corrected chi connectivity index (χ3v) is 2.13. The number of amides is 1. The van der Waals surface area contributed by atoms with E-state index in [1.54, 1.807) is 12.4 Å². The summed E-state index contributed by atoms with van der Waals surface area (Å²) >= 11 is 5.58. The van der Waals surface area contributed by atoms with Gasteiger partial charge in [-0.3, -0.25) is 0 Å². The number of nitrogens with one attached hydrogen (secondary N) is 1. The average molecular weight is 284 g/mol. The highest BCUT2D eigenvalue weighted by Crippen LogP contribution is 2.06. The zero-order valence-corrected chi connectivity index (χ0v) is 12.1. The Kier molecular flexibility index (Phi) is 5.76. The summed E-state index contributed by atoms with van der Waals surface area (Å²) in [5.41, 5.74) is 0.391. The molecule has 1 aromatic rings. The van der Waals surface area contributed by atoms with Gasteiger partial charge in [-0.2, -0.15) is 0 Å². The van der Waals surface area contributed by atoms with Gasteiger partial charge in [0.1, 0.15) is 5.60 Å². The van der Waals surface area contributed by atoms with Crippen LogP contribution in [0.3, 0.4) is 0 Å². The fraction of sp³-hybridized carbons (Fsp3) is 0.462. The Labute approximate surface area is 118 Å². The molecule has 0 aromatic carbocycles. The first-order chi connectivity index (χ1) is 8.87. The van der Waals surface area contributed by atoms with E-state index in [1.807, 2.05) is 32.9 Å². The van der Waals surface area contributed by atoms with Gasteiger partial charge < -0.3 is 10.1 Å². The molecule has 104 valence electrons. The van der Waals surface area contributed by atoms with Gasteiger partial charge in [-0.1, -0.05) is 12.2 Å². The standard InChI is InChI=1S/C13H18ClN3O2/c1-13(2,3)19-12(18)15-7-5-4-6-10-8-16-11(14)17-9-10/h4,6,8-9H,5,7H2,1-3H3,(H,15,18). The fourth-order valence-electron chi connectivity index (χ4n) is 1.20. The van der Waals surface area contributed by atoms with Crippen molar-refractivity contribution in [3.05, 3.63) is 29.3 Å². The zero-order valence-electron chi connectivity index (χ0n) is 11.3. The van der Waals surface area contributed by atoms with Gasteiger partial charge in [-0.05, 0) is 38.8 Å². The number of alkyl carbamates (subject to hydrolysis) is 1. The third-order valence-electron chi connectivity index (χ3n) is 1.93. The number of rotatable bonds is 4. The maximum atomic E-state index is 11.3. The molecule has 0 saturated carbocycles. The Hall–Kier alpha value is -1.62. The van der Waals surface area contributed by atoms with Crippen molar-refractivity contribution in [2.45, 2.75) is 32.8 Å². The topological polar surface area (TPSA) is 64.1 Å². The van der Waals surface area contributed by atoms with Crippen LogP contribution in [-0.2, 0) is 4.74 Å². The molecule has 0 atom stereocenters. The summed E-state index contributed by atoms with van der Waals surface area (Å²) in [6.07, 6.45) is 7.34. The van der Waals surface area contributed by atoms with Crippen LogP contribution in [0.5, 0.6) is 0 Å². The molecule has 1 aromatic heterocycles. The monoisotopic (exact) mass is 283 g/mol. The summed E-state index contributed by atoms with van der Waals surface area (Å²) in [4.78, 5) is 19.1. The Morgan fingerprint density at radius 3 is 2.63 bits per heavy atom. The molecule has 1 amide bonds. The number of halogens is 1. The fourth-order valence-corrected chi connectivity index (χ4v) is 1.30. The predicted octanol–water partition coefficient (Wildman–Crippen LogP) is 3.06. The van der Waals surface area contributed by atoms with E-state index in [-0.39, 0.29) is 5.28 Å². The van der Waals surface area contributed by atoms with Crippen molar-refractivity contribution in [3.63, 3.8) is 0 Å². The lowest BCUT2D eigenvalue weighted by molar-refractivity contribution is 0.0529. The molecule has 0 spiro atoms. The number of ether oxygens (including phenoxy) is 1. The summed E-state index contributed by atoms with van der Waals surface area (Å²) in [6.45, 7) is 5.99. The van der Waals surface area contributed by atoms with Gasteiger partial charge in [0.2, 0.25) is 5.28 Å². The van der Waals surface area contributed by atoms with Crippen molar-refractivity contribution in [2.24, 2.45) is 0 Å². The molecule has 5 nitrogen and oxygen atoms in total. The summed E-state index contributed by atoms with van der Waals surface area (Å²) in [5, 5.41) is 2.90. The third kappa shape index (κ3) is 7.41. The van der Waals surface area contributed by atoms with Gasteiger partial charge in [0, 0.05) is 24.5 Å². The summed E-state index contributed by atoms with van der Waals surface area (Å²) in [7, 11) is 0. The molecule has 6 heteroatoms. The van der Waals surface area contributed by atoms with Gasteiger partial charge in [0.25, 0.3) is 0 Å². The Bertz CT molecular complexity index is 438. The first-order valence-electron chi connectivity index (χ1n) is 5.98. The van der Waals surface area contributed by atoms with Crippen LogP contribution >= 0.6 is 11.6 Å². The smallest absolute Gasteiger partial charge is 0.407 e. The second-order valence-electron chi connectivity index (χ2n) is 4.91. The van der Waals surface area contributed by atoms with Crippen LogP contribution in [0.4, 0.5) is 4.79 Å². The van der Waals surface area contributed by atoms with Crippen LogP contribution in [-0.4, -0.2) is 28.2 Å². The quantitative estimate of drug-likeness (QED) is 0.681. The van der Waals surface area contributed by atoms with Crippen LogP contribution in [0.15, 0.2) is 18.5 Å². The van der Waals surface area contributed by atoms with Crippen LogP contribution < -0.4 is 5.32 Å². The minimum Gasteiger partial charge on any atom is -0.444 e. The summed E-state index contributed by atoms with van der Waals surface area (Å²) < 4.78 is 5.11. The molecule has 0 unspecified atom stereocenters. The number of hydrogen-bond acceptors (Lipinski definition) is 4. The maximum absolute atomic E-state index is 11.3. The molecule has 1 N–H and O–H groups in total. The van der Waals surface area contributed by atoms with Crippen LogP contribution in [0.25, 0.3) is 6.08 Å². The predicted molar refractivity (Wildman–Crippen MR) is 74.9 cm³/mol. The molecule has 0 fully saturated rings. The number of carbonyl (C=O) groups excluding carboxylic acids is 1. The van der Waals surface area contributed by atoms with E-state index < -0.39 is 11.7 Å². The average Bonchev–Trinajstić information content (AvgIpc) is 2.29. The minimum atomic E-state index is -0.472. The van der Waals surface area contributed by atoms with Gasteiger partial charge >= 0.3 is 6.09 Å². The lowest BCUT2D eigenvalue weighted by atomic mass is 10.2. The van der Waals surface area contributed by atoms with Crippen LogP contribution in [0.1, 0.15) is 32.8 Å². The molecule has 0 radical (unpaired) electrons. The zero-order chi connectivity index (χ0) is 14.3. The molecule has 1 rings (SSSR count). The van der Waals surface area contributed by atoms with E-state index in [4.69, 9.17) is 16.3 Å². The molecular weight excluding hydrogens is 266 g/mol. The Balaban J connectivity index is 2.24. The van der Waals surface area contributed by atoms with Crippen molar-refractivity contribution in [2.75, 3.05) is 6.54 Å². The second-order valence-corrected chi connectivity index (χ2v) is 5.24. The lowest BCUT2D eigenvalue weighted by Gasteiger charge is -2.19. The van der Waals surface area contributed by atoms with Gasteiger partial charge in [0.15, 0.2) is 0 Å². The molecule has 0 aliphatic rings. The maximum Gasteiger partial charge on any atom is 0.407 e. The van der Waals surface area contributed by atoms with E-state index in [1.165, 1.54) is 0 Å². The van der Waals surface area contributed by atoms with Crippen molar-refractivity contribution in [3.8, 4) is 0 Å². The highest BCUT2D eigenvalue weighted by atomic mass is 35.5. The normalized spacial score (nSPS) is 11.6. The molecule has 0 aliphatic carbocycles. The number of hydrogen-bond donors (Lipinski definition) is 1. The van der Waals surface area contributed by atoms with E-state index in [9.17, 15) is 4.79 Å². The molecule has 19 heavy (non-hydrogen) atoms. The summed E-state index contributed by atoms with van der Waals surface area (Å²) in [5.74, 6) is 0. The van der Waals surface area contributed by atoms with Gasteiger partial charge in [-0.25, -0.2) is 14.8 Å². The SMILES string of the molecule is CC(C)(C)OC(=O)NCCC=Cc1cnc(Cl)nc1. The van der Waals surface area contributed by atoms with Crippen molar-refractivity contribution in [1.29, 1.82) is 0 Å². The Morgan fingerprint density at radius 1 is 1.42 bits per heavy atom. The number of aromatic nitrogens is 2. The van der Waals surface area contributed by atoms with Gasteiger partial charge in [-0.15, -0.1) is 0 Å². The van der Waals surface area contributed by atoms with E-state index >= 15 is 0 Å². The summed E-state index contributed by atoms with van der Waals surface area (Å²) in [6, 6.07) is 0. The van der Waals surface area contributed by atoms with Crippen molar-refractivity contribution >= 4 is 23.8 Å². The number of carbonyl (C=O) groups is 1. The molecule has 0 bridgehead atoms. The highest BCUT2D eigenvalue weighted by molar-refractivity contribution is 6.28.